The summed E-state index contributed by atoms with van der Waals surface area (Å²) in [7, 11) is 1.23. The Morgan fingerprint density at radius 3 is 2.80 bits per heavy atom. The van der Waals surface area contributed by atoms with Crippen molar-refractivity contribution in [1.82, 2.24) is 4.98 Å². The molecule has 0 unspecified atom stereocenters. The number of hydrogen-bond acceptors (Lipinski definition) is 4. The zero-order chi connectivity index (χ0) is 11.3. The maximum absolute atomic E-state index is 11.1. The number of rotatable bonds is 2. The first-order valence-electron chi connectivity index (χ1n) is 4.30. The van der Waals surface area contributed by atoms with Crippen LogP contribution in [0.3, 0.4) is 0 Å². The van der Waals surface area contributed by atoms with Gasteiger partial charge in [0.15, 0.2) is 0 Å². The highest BCUT2D eigenvalue weighted by Gasteiger charge is 2.08. The topological polar surface area (TPSA) is 63.0 Å². The maximum atomic E-state index is 11.1. The van der Waals surface area contributed by atoms with Crippen LogP contribution >= 0.6 is 0 Å². The van der Waals surface area contributed by atoms with Gasteiger partial charge >= 0.3 is 5.97 Å². The predicted molar refractivity (Wildman–Crippen MR) is 54.6 cm³/mol. The quantitative estimate of drug-likeness (QED) is 0.414. The molecule has 0 saturated carbocycles. The van der Waals surface area contributed by atoms with Gasteiger partial charge in [0.05, 0.1) is 12.8 Å². The van der Waals surface area contributed by atoms with E-state index < -0.39 is 5.97 Å². The first kappa shape index (κ1) is 10.9. The third kappa shape index (κ3) is 2.92. The van der Waals surface area contributed by atoms with E-state index in [1.165, 1.54) is 13.2 Å². The van der Waals surface area contributed by atoms with Crippen molar-refractivity contribution in [2.24, 2.45) is 0 Å². The van der Waals surface area contributed by atoms with E-state index in [2.05, 4.69) is 9.72 Å². The molecule has 0 aromatic carbocycles. The maximum Gasteiger partial charge on any atom is 0.348 e. The number of pyridine rings is 1. The van der Waals surface area contributed by atoms with Gasteiger partial charge in [0.25, 0.3) is 0 Å². The van der Waals surface area contributed by atoms with Gasteiger partial charge in [-0.15, -0.1) is 0 Å². The van der Waals surface area contributed by atoms with Crippen molar-refractivity contribution in [3.8, 4) is 6.07 Å². The van der Waals surface area contributed by atoms with E-state index in [4.69, 9.17) is 5.26 Å². The second-order valence-electron chi connectivity index (χ2n) is 2.92. The van der Waals surface area contributed by atoms with Crippen molar-refractivity contribution in [2.45, 2.75) is 6.92 Å². The van der Waals surface area contributed by atoms with Crippen molar-refractivity contribution in [1.29, 1.82) is 5.26 Å². The molecular formula is C11H10N2O2. The molecule has 1 aromatic heterocycles. The van der Waals surface area contributed by atoms with Crippen LogP contribution in [0.5, 0.6) is 0 Å². The third-order valence-corrected chi connectivity index (χ3v) is 1.75. The summed E-state index contributed by atoms with van der Waals surface area (Å²) in [5.41, 5.74) is 1.51. The van der Waals surface area contributed by atoms with Gasteiger partial charge in [0.1, 0.15) is 11.6 Å². The highest BCUT2D eigenvalue weighted by molar-refractivity contribution is 5.97. The third-order valence-electron chi connectivity index (χ3n) is 1.75. The second kappa shape index (κ2) is 4.91. The Morgan fingerprint density at radius 2 is 2.33 bits per heavy atom. The summed E-state index contributed by atoms with van der Waals surface area (Å²) < 4.78 is 4.44. The molecule has 0 aliphatic heterocycles. The molecule has 0 amide bonds. The molecule has 1 rings (SSSR count). The Morgan fingerprint density at radius 1 is 1.60 bits per heavy atom. The van der Waals surface area contributed by atoms with Crippen LogP contribution in [-0.2, 0) is 9.53 Å². The van der Waals surface area contributed by atoms with Crippen LogP contribution in [0.1, 0.15) is 11.3 Å². The normalized spacial score (nSPS) is 10.6. The van der Waals surface area contributed by atoms with Gasteiger partial charge in [0, 0.05) is 6.20 Å². The van der Waals surface area contributed by atoms with E-state index in [1.807, 2.05) is 13.0 Å². The molecule has 1 heterocycles. The number of hydrogen-bond donors (Lipinski definition) is 0. The Labute approximate surface area is 87.8 Å². The molecule has 4 nitrogen and oxygen atoms in total. The highest BCUT2D eigenvalue weighted by atomic mass is 16.5. The smallest absolute Gasteiger partial charge is 0.348 e. The molecule has 0 aliphatic carbocycles. The molecule has 0 atom stereocenters. The zero-order valence-electron chi connectivity index (χ0n) is 8.52. The Kier molecular flexibility index (Phi) is 3.58. The summed E-state index contributed by atoms with van der Waals surface area (Å²) in [6.07, 6.45) is 3.06. The van der Waals surface area contributed by atoms with Crippen molar-refractivity contribution in [3.63, 3.8) is 0 Å². The Hall–Kier alpha value is -2.15. The number of ether oxygens (including phenoxy) is 1. The van der Waals surface area contributed by atoms with E-state index in [1.54, 1.807) is 18.3 Å². The number of carbonyl (C=O) groups excluding carboxylic acids is 1. The average Bonchev–Trinajstić information content (AvgIpc) is 2.27. The number of esters is 1. The van der Waals surface area contributed by atoms with Crippen molar-refractivity contribution >= 4 is 12.0 Å². The lowest BCUT2D eigenvalue weighted by Crippen LogP contribution is -2.02. The molecule has 0 saturated heterocycles. The van der Waals surface area contributed by atoms with Crippen molar-refractivity contribution in [2.75, 3.05) is 7.11 Å². The van der Waals surface area contributed by atoms with Crippen LogP contribution < -0.4 is 0 Å². The van der Waals surface area contributed by atoms with E-state index in [-0.39, 0.29) is 5.57 Å². The van der Waals surface area contributed by atoms with Gasteiger partial charge in [-0.25, -0.2) is 4.79 Å². The predicted octanol–water partition coefficient (Wildman–Crippen LogP) is 1.47. The minimum atomic E-state index is -0.653. The zero-order valence-corrected chi connectivity index (χ0v) is 8.52. The van der Waals surface area contributed by atoms with Crippen LogP contribution in [0, 0.1) is 18.3 Å². The van der Waals surface area contributed by atoms with E-state index in [0.29, 0.717) is 5.69 Å². The van der Waals surface area contributed by atoms with Gasteiger partial charge in [-0.05, 0) is 24.6 Å². The molecule has 0 N–H and O–H groups in total. The molecule has 0 aliphatic rings. The summed E-state index contributed by atoms with van der Waals surface area (Å²) in [6.45, 7) is 1.91. The molecular weight excluding hydrogens is 192 g/mol. The molecule has 0 fully saturated rings. The Balaban J connectivity index is 3.00. The van der Waals surface area contributed by atoms with Crippen LogP contribution in [0.4, 0.5) is 0 Å². The summed E-state index contributed by atoms with van der Waals surface area (Å²) >= 11 is 0. The minimum Gasteiger partial charge on any atom is -0.465 e. The van der Waals surface area contributed by atoms with Gasteiger partial charge in [-0.3, -0.25) is 4.98 Å². The van der Waals surface area contributed by atoms with E-state index in [0.717, 1.165) is 5.56 Å². The number of aromatic nitrogens is 1. The lowest BCUT2D eigenvalue weighted by Gasteiger charge is -1.97. The van der Waals surface area contributed by atoms with E-state index >= 15 is 0 Å². The first-order valence-corrected chi connectivity index (χ1v) is 4.30. The van der Waals surface area contributed by atoms with Crippen LogP contribution in [0.25, 0.3) is 6.08 Å². The number of nitrogens with zero attached hydrogens (tertiary/aromatic N) is 2. The standard InChI is InChI=1S/C11H10N2O2/c1-8-3-4-10(13-7-8)5-9(6-12)11(14)15-2/h3-5,7H,1-2H3/b9-5+. The fourth-order valence-corrected chi connectivity index (χ4v) is 0.959. The Bertz CT molecular complexity index is 427. The van der Waals surface area contributed by atoms with Gasteiger partial charge < -0.3 is 4.74 Å². The first-order chi connectivity index (χ1) is 7.17. The number of aryl methyl sites for hydroxylation is 1. The average molecular weight is 202 g/mol. The molecule has 1 aromatic rings. The van der Waals surface area contributed by atoms with Gasteiger partial charge in [-0.1, -0.05) is 6.07 Å². The van der Waals surface area contributed by atoms with Gasteiger partial charge in [-0.2, -0.15) is 5.26 Å². The summed E-state index contributed by atoms with van der Waals surface area (Å²) in [5, 5.41) is 8.70. The lowest BCUT2D eigenvalue weighted by atomic mass is 10.2. The van der Waals surface area contributed by atoms with E-state index in [9.17, 15) is 4.79 Å². The SMILES string of the molecule is COC(=O)/C(C#N)=C/c1ccc(C)cn1. The fraction of sp³-hybridized carbons (Fsp3) is 0.182. The number of nitriles is 1. The van der Waals surface area contributed by atoms with Crippen molar-refractivity contribution in [3.05, 3.63) is 35.2 Å². The van der Waals surface area contributed by atoms with Crippen LogP contribution in [-0.4, -0.2) is 18.1 Å². The van der Waals surface area contributed by atoms with Crippen LogP contribution in [0.15, 0.2) is 23.9 Å². The molecule has 0 radical (unpaired) electrons. The second-order valence-corrected chi connectivity index (χ2v) is 2.92. The fourth-order valence-electron chi connectivity index (χ4n) is 0.959. The summed E-state index contributed by atoms with van der Waals surface area (Å²) in [6, 6.07) is 5.35. The lowest BCUT2D eigenvalue weighted by molar-refractivity contribution is -0.135. The van der Waals surface area contributed by atoms with Gasteiger partial charge in [0.2, 0.25) is 0 Å². The molecule has 0 bridgehead atoms. The highest BCUT2D eigenvalue weighted by Crippen LogP contribution is 2.05. The van der Waals surface area contributed by atoms with Crippen LogP contribution in [0.2, 0.25) is 0 Å². The minimum absolute atomic E-state index is 0.0612. The molecule has 15 heavy (non-hydrogen) atoms. The van der Waals surface area contributed by atoms with Crippen molar-refractivity contribution < 1.29 is 9.53 Å². The number of methoxy groups -OCH3 is 1. The molecule has 76 valence electrons. The number of carbonyl (C=O) groups is 1. The summed E-state index contributed by atoms with van der Waals surface area (Å²) in [4.78, 5) is 15.1. The largest absolute Gasteiger partial charge is 0.465 e. The molecule has 4 heteroatoms. The summed E-state index contributed by atoms with van der Waals surface area (Å²) in [5.74, 6) is -0.653. The monoisotopic (exact) mass is 202 g/mol. The molecule has 0 spiro atoms.